The van der Waals surface area contributed by atoms with Gasteiger partial charge in [0, 0.05) is 42.0 Å². The van der Waals surface area contributed by atoms with Gasteiger partial charge in [0.05, 0.1) is 50.9 Å². The van der Waals surface area contributed by atoms with Crippen molar-refractivity contribution < 1.29 is 33.3 Å². The summed E-state index contributed by atoms with van der Waals surface area (Å²) >= 11 is 0. The normalized spacial score (nSPS) is 16.4. The predicted molar refractivity (Wildman–Crippen MR) is 285 cm³/mol. The Bertz CT molecular complexity index is 2110. The molecule has 0 radical (unpaired) electrons. The molecule has 4 rings (SSSR count). The number of aromatic nitrogens is 1. The van der Waals surface area contributed by atoms with Crippen LogP contribution in [0.3, 0.4) is 0 Å². The van der Waals surface area contributed by atoms with Crippen molar-refractivity contribution in [3.63, 3.8) is 0 Å². The van der Waals surface area contributed by atoms with E-state index < -0.39 is 34.9 Å². The van der Waals surface area contributed by atoms with Crippen molar-refractivity contribution in [3.8, 4) is 17.2 Å². The predicted octanol–water partition coefficient (Wildman–Crippen LogP) is 12.5. The van der Waals surface area contributed by atoms with Gasteiger partial charge in [-0.2, -0.15) is 0 Å². The van der Waals surface area contributed by atoms with Gasteiger partial charge in [-0.05, 0) is 88.9 Å². The minimum absolute atomic E-state index is 0.0155. The Balaban J connectivity index is 1.66. The molecule has 0 aliphatic rings. The van der Waals surface area contributed by atoms with Gasteiger partial charge in [0.15, 0.2) is 0 Å². The Morgan fingerprint density at radius 3 is 1.69 bits per heavy atom. The molecule has 67 heavy (non-hydrogen) atoms. The summed E-state index contributed by atoms with van der Waals surface area (Å²) in [5.41, 5.74) is 5.76. The van der Waals surface area contributed by atoms with Crippen LogP contribution < -0.4 is 19.8 Å². The third-order valence-corrected chi connectivity index (χ3v) is 25.5. The van der Waals surface area contributed by atoms with Crippen LogP contribution >= 0.6 is 0 Å². The van der Waals surface area contributed by atoms with Crippen molar-refractivity contribution in [2.24, 2.45) is 17.8 Å². The molecular weight excluding hydrogens is 867 g/mol. The SMILES string of the molecule is COc1cc([C@@H](O)[C@@H](C)C[C@H](OC)[C@H](O)[C@@H](C)/C=C(\C)[C@H](O[Si](C(C)C)(C(C)C)C(C)C)[C@@H](C)/C=C\CO[Si](c2ccccc2)(c2ccccc2)C(C)(C)C)c(OC)c(-n2c(C)ccc2C)c1. The Labute approximate surface area is 408 Å². The standard InChI is InChI=1S/C57H87NO7Si2/c1-38(2)66(39(3)4,40(5)6)65-55(41(7)26-25-33-64-67(57(13,14)15,48-27-21-19-22-28-48)49-29-23-20-24-30-49)44(10)34-42(8)54(60)52(62-17)35-43(9)53(59)50-36-47(61-16)37-51(56(50)63-18)58-45(11)31-32-46(58)12/h19-32,34,36-43,52-55,59-60H,33,35H2,1-18H3/b26-25-,44-34+/t41-,42-,43-,52-,53-,54+,55+/m0/s1. The van der Waals surface area contributed by atoms with E-state index in [4.69, 9.17) is 23.1 Å². The maximum absolute atomic E-state index is 12.1. The maximum atomic E-state index is 12.1. The molecule has 0 aliphatic carbocycles. The fourth-order valence-corrected chi connectivity index (χ4v) is 21.2. The van der Waals surface area contributed by atoms with E-state index in [2.05, 4.69) is 172 Å². The van der Waals surface area contributed by atoms with Crippen molar-refractivity contribution in [3.05, 3.63) is 126 Å². The second kappa shape index (κ2) is 24.2. The van der Waals surface area contributed by atoms with Crippen molar-refractivity contribution in [2.75, 3.05) is 27.9 Å². The van der Waals surface area contributed by atoms with E-state index in [9.17, 15) is 10.2 Å². The zero-order valence-electron chi connectivity index (χ0n) is 44.4. The molecule has 0 saturated heterocycles. The van der Waals surface area contributed by atoms with Crippen LogP contribution in [0.5, 0.6) is 11.5 Å². The highest BCUT2D eigenvalue weighted by atomic mass is 28.4. The minimum Gasteiger partial charge on any atom is -0.497 e. The Kier molecular flexibility index (Phi) is 20.2. The monoisotopic (exact) mass is 954 g/mol. The highest BCUT2D eigenvalue weighted by Crippen LogP contribution is 2.45. The summed E-state index contributed by atoms with van der Waals surface area (Å²) in [7, 11) is -0.182. The summed E-state index contributed by atoms with van der Waals surface area (Å²) in [4.78, 5) is 0. The molecule has 1 heterocycles. The average molecular weight is 954 g/mol. The van der Waals surface area contributed by atoms with Crippen LogP contribution in [-0.4, -0.2) is 77.7 Å². The fraction of sp³-hybridized carbons (Fsp3) is 0.544. The highest BCUT2D eigenvalue weighted by molar-refractivity contribution is 6.99. The van der Waals surface area contributed by atoms with Crippen LogP contribution in [0.2, 0.25) is 21.7 Å². The molecule has 0 bridgehead atoms. The number of aliphatic hydroxyl groups is 2. The van der Waals surface area contributed by atoms with Crippen molar-refractivity contribution in [1.82, 2.24) is 4.57 Å². The molecule has 2 N–H and O–H groups in total. The number of methoxy groups -OCH3 is 3. The number of benzene rings is 3. The molecule has 1 aromatic heterocycles. The quantitative estimate of drug-likeness (QED) is 0.0534. The molecule has 0 amide bonds. The van der Waals surface area contributed by atoms with Gasteiger partial charge >= 0.3 is 0 Å². The second-order valence-electron chi connectivity index (χ2n) is 21.0. The zero-order chi connectivity index (χ0) is 50.0. The zero-order valence-corrected chi connectivity index (χ0v) is 46.4. The molecule has 0 spiro atoms. The summed E-state index contributed by atoms with van der Waals surface area (Å²) in [5, 5.41) is 26.5. The first-order valence-electron chi connectivity index (χ1n) is 24.6. The molecule has 0 aliphatic heterocycles. The first kappa shape index (κ1) is 55.8. The Morgan fingerprint density at radius 2 is 1.24 bits per heavy atom. The van der Waals surface area contributed by atoms with Crippen molar-refractivity contribution in [2.45, 2.75) is 156 Å². The lowest BCUT2D eigenvalue weighted by Gasteiger charge is -2.46. The molecule has 0 unspecified atom stereocenters. The minimum atomic E-state index is -2.72. The number of rotatable bonds is 24. The molecule has 7 atom stereocenters. The smallest absolute Gasteiger partial charge is 0.261 e. The number of nitrogens with zero attached hydrogens (tertiary/aromatic N) is 1. The first-order valence-corrected chi connectivity index (χ1v) is 28.7. The van der Waals surface area contributed by atoms with Crippen LogP contribution in [0.25, 0.3) is 5.69 Å². The largest absolute Gasteiger partial charge is 0.497 e. The van der Waals surface area contributed by atoms with Crippen LogP contribution in [0.1, 0.15) is 119 Å². The van der Waals surface area contributed by atoms with Crippen LogP contribution in [0.15, 0.2) is 109 Å². The van der Waals surface area contributed by atoms with E-state index in [1.807, 2.05) is 39.8 Å². The number of hydrogen-bond donors (Lipinski definition) is 2. The van der Waals surface area contributed by atoms with Crippen LogP contribution in [-0.2, 0) is 13.6 Å². The summed E-state index contributed by atoms with van der Waals surface area (Å²) in [6.45, 7) is 33.9. The van der Waals surface area contributed by atoms with Crippen molar-refractivity contribution >= 4 is 27.0 Å². The van der Waals surface area contributed by atoms with Gasteiger partial charge in [0.25, 0.3) is 8.32 Å². The molecule has 370 valence electrons. The number of aryl methyl sites for hydroxylation is 2. The lowest BCUT2D eigenvalue weighted by Crippen LogP contribution is -2.66. The lowest BCUT2D eigenvalue weighted by atomic mass is 9.86. The number of hydrogen-bond acceptors (Lipinski definition) is 7. The van der Waals surface area contributed by atoms with Crippen molar-refractivity contribution in [1.29, 1.82) is 0 Å². The van der Waals surface area contributed by atoms with Gasteiger partial charge in [-0.1, -0.05) is 162 Å². The molecule has 4 aromatic rings. The van der Waals surface area contributed by atoms with E-state index >= 15 is 0 Å². The van der Waals surface area contributed by atoms with E-state index in [-0.39, 0.29) is 28.9 Å². The van der Waals surface area contributed by atoms with E-state index in [0.29, 0.717) is 46.7 Å². The lowest BCUT2D eigenvalue weighted by molar-refractivity contribution is -0.0500. The number of ether oxygens (including phenoxy) is 3. The molecule has 0 saturated carbocycles. The fourth-order valence-electron chi connectivity index (χ4n) is 11.1. The average Bonchev–Trinajstić information content (AvgIpc) is 3.63. The van der Waals surface area contributed by atoms with Gasteiger partial charge < -0.3 is 37.8 Å². The summed E-state index contributed by atoms with van der Waals surface area (Å²) < 4.78 is 34.8. The first-order chi connectivity index (χ1) is 31.5. The maximum Gasteiger partial charge on any atom is 0.261 e. The Hall–Kier alpha value is -3.75. The Morgan fingerprint density at radius 1 is 0.716 bits per heavy atom. The molecule has 3 aromatic carbocycles. The highest BCUT2D eigenvalue weighted by Gasteiger charge is 2.50. The topological polar surface area (TPSA) is 91.5 Å². The van der Waals surface area contributed by atoms with Crippen LogP contribution in [0, 0.1) is 31.6 Å². The molecule has 10 heteroatoms. The van der Waals surface area contributed by atoms with E-state index in [0.717, 1.165) is 22.6 Å². The molecule has 8 nitrogen and oxygen atoms in total. The van der Waals surface area contributed by atoms with Gasteiger partial charge in [-0.15, -0.1) is 0 Å². The van der Waals surface area contributed by atoms with Gasteiger partial charge in [-0.3, -0.25) is 0 Å². The van der Waals surface area contributed by atoms with Gasteiger partial charge in [-0.25, -0.2) is 0 Å². The third kappa shape index (κ3) is 12.4. The summed E-state index contributed by atoms with van der Waals surface area (Å²) in [6.07, 6.45) is 4.51. The summed E-state index contributed by atoms with van der Waals surface area (Å²) in [5.74, 6) is 0.632. The summed E-state index contributed by atoms with van der Waals surface area (Å²) in [6, 6.07) is 29.5. The third-order valence-electron chi connectivity index (χ3n) is 14.5. The second-order valence-corrected chi connectivity index (χ2v) is 30.7. The van der Waals surface area contributed by atoms with E-state index in [1.165, 1.54) is 10.4 Å². The molecule has 0 fully saturated rings. The number of aliphatic hydroxyl groups excluding tert-OH is 2. The van der Waals surface area contributed by atoms with Crippen LogP contribution in [0.4, 0.5) is 0 Å². The van der Waals surface area contributed by atoms with E-state index in [1.54, 1.807) is 21.3 Å². The van der Waals surface area contributed by atoms with Gasteiger partial charge in [0.1, 0.15) is 11.5 Å². The molecular formula is C57H87NO7Si2. The van der Waals surface area contributed by atoms with Gasteiger partial charge in [0.2, 0.25) is 8.32 Å².